The van der Waals surface area contributed by atoms with Gasteiger partial charge >= 0.3 is 0 Å². The minimum Gasteiger partial charge on any atom is -0.494 e. The van der Waals surface area contributed by atoms with Crippen molar-refractivity contribution in [3.05, 3.63) is 52.4 Å². The molecule has 3 aromatic rings. The summed E-state index contributed by atoms with van der Waals surface area (Å²) in [5.41, 5.74) is 0.561. The third kappa shape index (κ3) is 3.72. The van der Waals surface area contributed by atoms with Crippen LogP contribution in [0.5, 0.6) is 11.5 Å². The summed E-state index contributed by atoms with van der Waals surface area (Å²) in [4.78, 5) is 13.2. The van der Waals surface area contributed by atoms with Crippen molar-refractivity contribution in [3.63, 3.8) is 0 Å². The molecule has 1 heterocycles. The van der Waals surface area contributed by atoms with Crippen molar-refractivity contribution in [2.24, 2.45) is 0 Å². The molecule has 0 atom stereocenters. The standard InChI is InChI=1S/C19H18ClNO3S/c1-3-23-12-9-10-15(24-4-2)14(11-12)21-19(22)18-17(20)13-7-5-6-8-16(13)25-18/h5-11H,3-4H2,1-2H3,(H,21,22). The van der Waals surface area contributed by atoms with Crippen LogP contribution in [-0.4, -0.2) is 19.1 Å². The number of anilines is 1. The molecule has 2 aromatic carbocycles. The Hall–Kier alpha value is -2.24. The zero-order valence-corrected chi connectivity index (χ0v) is 15.5. The van der Waals surface area contributed by atoms with Crippen LogP contribution < -0.4 is 14.8 Å². The Bertz CT molecular complexity index is 907. The molecule has 3 rings (SSSR count). The van der Waals surface area contributed by atoms with Gasteiger partial charge in [-0.05, 0) is 32.0 Å². The van der Waals surface area contributed by atoms with Crippen molar-refractivity contribution < 1.29 is 14.3 Å². The molecule has 0 aliphatic rings. The zero-order valence-electron chi connectivity index (χ0n) is 14.0. The van der Waals surface area contributed by atoms with Gasteiger partial charge in [0.2, 0.25) is 0 Å². The Balaban J connectivity index is 1.93. The molecule has 0 radical (unpaired) electrons. The third-order valence-corrected chi connectivity index (χ3v) is 5.23. The van der Waals surface area contributed by atoms with Crippen molar-refractivity contribution in [1.82, 2.24) is 0 Å². The van der Waals surface area contributed by atoms with E-state index in [0.29, 0.717) is 40.3 Å². The maximum absolute atomic E-state index is 12.7. The molecule has 0 bridgehead atoms. The van der Waals surface area contributed by atoms with Gasteiger partial charge < -0.3 is 14.8 Å². The first-order valence-electron chi connectivity index (χ1n) is 8.02. The Labute approximate surface area is 155 Å². The number of fused-ring (bicyclic) bond motifs is 1. The van der Waals surface area contributed by atoms with Crippen molar-refractivity contribution in [2.75, 3.05) is 18.5 Å². The highest BCUT2D eigenvalue weighted by molar-refractivity contribution is 7.21. The predicted octanol–water partition coefficient (Wildman–Crippen LogP) is 5.60. The highest BCUT2D eigenvalue weighted by atomic mass is 35.5. The summed E-state index contributed by atoms with van der Waals surface area (Å²) >= 11 is 7.76. The summed E-state index contributed by atoms with van der Waals surface area (Å²) in [6.45, 7) is 4.85. The van der Waals surface area contributed by atoms with Crippen LogP contribution in [0.1, 0.15) is 23.5 Å². The van der Waals surface area contributed by atoms with E-state index >= 15 is 0 Å². The fraction of sp³-hybridized carbons (Fsp3) is 0.211. The van der Waals surface area contributed by atoms with E-state index in [4.69, 9.17) is 21.1 Å². The van der Waals surface area contributed by atoms with Gasteiger partial charge in [0.1, 0.15) is 16.4 Å². The van der Waals surface area contributed by atoms with Crippen LogP contribution in [0, 0.1) is 0 Å². The van der Waals surface area contributed by atoms with Crippen LogP contribution in [0.3, 0.4) is 0 Å². The predicted molar refractivity (Wildman–Crippen MR) is 104 cm³/mol. The molecule has 0 aliphatic heterocycles. The Kier molecular flexibility index (Phi) is 5.46. The zero-order chi connectivity index (χ0) is 17.8. The second-order valence-corrected chi connectivity index (χ2v) is 6.65. The number of hydrogen-bond donors (Lipinski definition) is 1. The lowest BCUT2D eigenvalue weighted by Gasteiger charge is -2.13. The molecule has 0 aliphatic carbocycles. The van der Waals surface area contributed by atoms with Gasteiger partial charge in [-0.1, -0.05) is 29.8 Å². The largest absolute Gasteiger partial charge is 0.494 e. The van der Waals surface area contributed by atoms with Crippen LogP contribution in [0.2, 0.25) is 5.02 Å². The van der Waals surface area contributed by atoms with Gasteiger partial charge in [0, 0.05) is 16.2 Å². The second kappa shape index (κ2) is 7.76. The number of nitrogens with one attached hydrogen (secondary N) is 1. The Morgan fingerprint density at radius 1 is 1.12 bits per heavy atom. The molecular formula is C19H18ClNO3S. The number of carbonyl (C=O) groups excluding carboxylic acids is 1. The number of hydrogen-bond acceptors (Lipinski definition) is 4. The van der Waals surface area contributed by atoms with E-state index < -0.39 is 0 Å². The summed E-state index contributed by atoms with van der Waals surface area (Å²) in [5.74, 6) is 1.00. The Morgan fingerprint density at radius 2 is 1.88 bits per heavy atom. The van der Waals surface area contributed by atoms with Crippen molar-refractivity contribution >= 4 is 44.6 Å². The molecule has 1 N–H and O–H groups in total. The first-order valence-corrected chi connectivity index (χ1v) is 9.21. The topological polar surface area (TPSA) is 47.6 Å². The fourth-order valence-electron chi connectivity index (χ4n) is 2.48. The molecule has 1 aromatic heterocycles. The smallest absolute Gasteiger partial charge is 0.267 e. The van der Waals surface area contributed by atoms with Gasteiger partial charge in [-0.15, -0.1) is 11.3 Å². The first-order chi connectivity index (χ1) is 12.1. The lowest BCUT2D eigenvalue weighted by Crippen LogP contribution is -2.12. The van der Waals surface area contributed by atoms with Crippen LogP contribution in [0.25, 0.3) is 10.1 Å². The first kappa shape index (κ1) is 17.6. The van der Waals surface area contributed by atoms with Crippen molar-refractivity contribution in [1.29, 1.82) is 0 Å². The molecule has 0 spiro atoms. The minimum atomic E-state index is -0.263. The molecular weight excluding hydrogens is 358 g/mol. The second-order valence-electron chi connectivity index (χ2n) is 5.22. The van der Waals surface area contributed by atoms with Gasteiger partial charge in [0.05, 0.1) is 23.9 Å². The number of rotatable bonds is 6. The van der Waals surface area contributed by atoms with Gasteiger partial charge in [-0.3, -0.25) is 4.79 Å². The van der Waals surface area contributed by atoms with E-state index in [2.05, 4.69) is 5.32 Å². The molecule has 0 saturated carbocycles. The number of ether oxygens (including phenoxy) is 2. The van der Waals surface area contributed by atoms with Gasteiger partial charge in [0.25, 0.3) is 5.91 Å². The monoisotopic (exact) mass is 375 g/mol. The summed E-state index contributed by atoms with van der Waals surface area (Å²) in [5, 5.41) is 4.25. The minimum absolute atomic E-state index is 0.263. The van der Waals surface area contributed by atoms with E-state index in [1.807, 2.05) is 44.2 Å². The summed E-state index contributed by atoms with van der Waals surface area (Å²) in [6, 6.07) is 13.0. The van der Waals surface area contributed by atoms with Crippen LogP contribution in [0.4, 0.5) is 5.69 Å². The maximum atomic E-state index is 12.7. The summed E-state index contributed by atoms with van der Waals surface area (Å²) in [6.07, 6.45) is 0. The van der Waals surface area contributed by atoms with Gasteiger partial charge in [0.15, 0.2) is 0 Å². The molecule has 25 heavy (non-hydrogen) atoms. The summed E-state index contributed by atoms with van der Waals surface area (Å²) < 4.78 is 12.1. The van der Waals surface area contributed by atoms with E-state index in [0.717, 1.165) is 10.1 Å². The molecule has 0 saturated heterocycles. The maximum Gasteiger partial charge on any atom is 0.267 e. The molecule has 6 heteroatoms. The van der Waals surface area contributed by atoms with Crippen molar-refractivity contribution in [2.45, 2.75) is 13.8 Å². The summed E-state index contributed by atoms with van der Waals surface area (Å²) in [7, 11) is 0. The SMILES string of the molecule is CCOc1ccc(OCC)c(NC(=O)c2sc3ccccc3c2Cl)c1. The quantitative estimate of drug-likeness (QED) is 0.609. The Morgan fingerprint density at radius 3 is 2.60 bits per heavy atom. The number of amides is 1. The number of benzene rings is 2. The third-order valence-electron chi connectivity index (χ3n) is 3.55. The van der Waals surface area contributed by atoms with E-state index in [1.165, 1.54) is 11.3 Å². The molecule has 0 fully saturated rings. The molecule has 0 unspecified atom stereocenters. The fourth-order valence-corrected chi connectivity index (χ4v) is 3.90. The average Bonchev–Trinajstić information content (AvgIpc) is 2.95. The highest BCUT2D eigenvalue weighted by Gasteiger charge is 2.18. The molecule has 1 amide bonds. The van der Waals surface area contributed by atoms with E-state index in [-0.39, 0.29) is 5.91 Å². The lowest BCUT2D eigenvalue weighted by molar-refractivity contribution is 0.103. The van der Waals surface area contributed by atoms with E-state index in [9.17, 15) is 4.79 Å². The molecule has 4 nitrogen and oxygen atoms in total. The van der Waals surface area contributed by atoms with Crippen LogP contribution >= 0.6 is 22.9 Å². The van der Waals surface area contributed by atoms with Gasteiger partial charge in [-0.25, -0.2) is 0 Å². The number of carbonyl (C=O) groups is 1. The van der Waals surface area contributed by atoms with Crippen molar-refractivity contribution in [3.8, 4) is 11.5 Å². The molecule has 130 valence electrons. The lowest BCUT2D eigenvalue weighted by atomic mass is 10.2. The number of thiophene rings is 1. The highest BCUT2D eigenvalue weighted by Crippen LogP contribution is 2.36. The average molecular weight is 376 g/mol. The van der Waals surface area contributed by atoms with Crippen LogP contribution in [0.15, 0.2) is 42.5 Å². The normalized spacial score (nSPS) is 10.7. The number of halogens is 1. The van der Waals surface area contributed by atoms with Gasteiger partial charge in [-0.2, -0.15) is 0 Å². The van der Waals surface area contributed by atoms with Crippen LogP contribution in [-0.2, 0) is 0 Å². The van der Waals surface area contributed by atoms with E-state index in [1.54, 1.807) is 12.1 Å².